The molecule has 4 heteroatoms. The number of hydrogen-bond donors (Lipinski definition) is 1. The molecule has 0 aliphatic carbocycles. The van der Waals surface area contributed by atoms with Gasteiger partial charge in [-0.25, -0.2) is 0 Å². The van der Waals surface area contributed by atoms with Gasteiger partial charge in [-0.1, -0.05) is 50.2 Å². The third-order valence-electron chi connectivity index (χ3n) is 6.18. The number of rotatable bonds is 7. The van der Waals surface area contributed by atoms with Crippen LogP contribution in [0.3, 0.4) is 0 Å². The number of fused-ring (bicyclic) bond motifs is 1. The molecule has 0 radical (unpaired) electrons. The molecule has 2 atom stereocenters. The number of hydrogen-bond acceptors (Lipinski definition) is 4. The number of benzene rings is 2. The van der Waals surface area contributed by atoms with E-state index in [4.69, 9.17) is 14.2 Å². The van der Waals surface area contributed by atoms with Crippen molar-refractivity contribution in [3.8, 4) is 11.5 Å². The molecule has 2 aliphatic rings. The summed E-state index contributed by atoms with van der Waals surface area (Å²) < 4.78 is 17.0. The summed E-state index contributed by atoms with van der Waals surface area (Å²) in [5.41, 5.74) is 2.87. The van der Waals surface area contributed by atoms with Gasteiger partial charge in [-0.15, -0.1) is 0 Å². The van der Waals surface area contributed by atoms with Crippen LogP contribution in [0.2, 0.25) is 0 Å². The lowest BCUT2D eigenvalue weighted by Crippen LogP contribution is -2.42. The van der Waals surface area contributed by atoms with Gasteiger partial charge in [0, 0.05) is 18.6 Å². The highest BCUT2D eigenvalue weighted by Gasteiger charge is 2.38. The fraction of sp³-hybridized carbons (Fsp3) is 0.500. The van der Waals surface area contributed by atoms with Crippen molar-refractivity contribution in [2.45, 2.75) is 51.2 Å². The molecule has 4 rings (SSSR count). The molecular formula is C24H31NO3. The highest BCUT2D eigenvalue weighted by Crippen LogP contribution is 2.41. The molecule has 2 heterocycles. The first-order valence-electron chi connectivity index (χ1n) is 10.4. The van der Waals surface area contributed by atoms with Crippen molar-refractivity contribution in [3.05, 3.63) is 59.7 Å². The van der Waals surface area contributed by atoms with Crippen molar-refractivity contribution in [3.63, 3.8) is 0 Å². The highest BCUT2D eigenvalue weighted by molar-refractivity contribution is 5.44. The Hall–Kier alpha value is -2.04. The average Bonchev–Trinajstić information content (AvgIpc) is 3.20. The minimum Gasteiger partial charge on any atom is -0.454 e. The van der Waals surface area contributed by atoms with E-state index in [-0.39, 0.29) is 5.41 Å². The number of ether oxygens (including phenoxy) is 3. The quantitative estimate of drug-likeness (QED) is 0.708. The summed E-state index contributed by atoms with van der Waals surface area (Å²) >= 11 is 0. The summed E-state index contributed by atoms with van der Waals surface area (Å²) in [5.74, 6) is 2.24. The lowest BCUT2D eigenvalue weighted by atomic mass is 9.68. The molecule has 0 aromatic heterocycles. The molecule has 1 saturated heterocycles. The Kier molecular flexibility index (Phi) is 5.88. The number of nitrogens with one attached hydrogen (secondary N) is 1. The van der Waals surface area contributed by atoms with Crippen LogP contribution >= 0.6 is 0 Å². The topological polar surface area (TPSA) is 39.7 Å². The van der Waals surface area contributed by atoms with Crippen LogP contribution in [0, 0.1) is 5.92 Å². The first-order chi connectivity index (χ1) is 13.7. The van der Waals surface area contributed by atoms with Gasteiger partial charge in [-0.2, -0.15) is 0 Å². The minimum absolute atomic E-state index is 0.191. The molecule has 2 aromatic rings. The second kappa shape index (κ2) is 8.54. The summed E-state index contributed by atoms with van der Waals surface area (Å²) in [6.07, 6.45) is 3.64. The zero-order valence-electron chi connectivity index (χ0n) is 16.9. The Morgan fingerprint density at radius 1 is 1.07 bits per heavy atom. The summed E-state index contributed by atoms with van der Waals surface area (Å²) in [4.78, 5) is 0. The van der Waals surface area contributed by atoms with Crippen LogP contribution in [0.4, 0.5) is 0 Å². The van der Waals surface area contributed by atoms with Crippen LogP contribution in [0.15, 0.2) is 48.5 Å². The Labute approximate surface area is 168 Å². The van der Waals surface area contributed by atoms with E-state index in [9.17, 15) is 0 Å². The normalized spacial score (nSPS) is 23.9. The van der Waals surface area contributed by atoms with Gasteiger partial charge in [0.1, 0.15) is 0 Å². The monoisotopic (exact) mass is 381 g/mol. The Balaban J connectivity index is 1.40. The van der Waals surface area contributed by atoms with Crippen molar-refractivity contribution in [1.29, 1.82) is 0 Å². The molecule has 0 spiro atoms. The lowest BCUT2D eigenvalue weighted by Gasteiger charge is -2.43. The maximum Gasteiger partial charge on any atom is 0.231 e. The van der Waals surface area contributed by atoms with Crippen molar-refractivity contribution in [2.75, 3.05) is 19.9 Å². The van der Waals surface area contributed by atoms with E-state index in [1.54, 1.807) is 0 Å². The SMILES string of the molecule is CC(C)[C@H]1C[C@](CCNCc2ccc3c(c2)OCO3)(c2ccccc2)CCO1. The summed E-state index contributed by atoms with van der Waals surface area (Å²) in [6.45, 7) is 7.53. The minimum atomic E-state index is 0.191. The fourth-order valence-corrected chi connectivity index (χ4v) is 4.42. The third-order valence-corrected chi connectivity index (χ3v) is 6.18. The van der Waals surface area contributed by atoms with Gasteiger partial charge < -0.3 is 19.5 Å². The summed E-state index contributed by atoms with van der Waals surface area (Å²) in [5, 5.41) is 3.64. The van der Waals surface area contributed by atoms with Crippen LogP contribution in [-0.4, -0.2) is 26.0 Å². The zero-order chi connectivity index (χ0) is 19.4. The van der Waals surface area contributed by atoms with Crippen molar-refractivity contribution in [2.24, 2.45) is 5.92 Å². The molecule has 2 aromatic carbocycles. The molecule has 2 aliphatic heterocycles. The second-order valence-electron chi connectivity index (χ2n) is 8.37. The van der Waals surface area contributed by atoms with Crippen LogP contribution in [0.1, 0.15) is 44.2 Å². The van der Waals surface area contributed by atoms with Crippen molar-refractivity contribution < 1.29 is 14.2 Å². The first kappa shape index (κ1) is 19.3. The third kappa shape index (κ3) is 4.18. The molecule has 28 heavy (non-hydrogen) atoms. The van der Waals surface area contributed by atoms with Crippen LogP contribution < -0.4 is 14.8 Å². The summed E-state index contributed by atoms with van der Waals surface area (Å²) in [6, 6.07) is 17.2. The van der Waals surface area contributed by atoms with Gasteiger partial charge in [-0.05, 0) is 55.0 Å². The lowest BCUT2D eigenvalue weighted by molar-refractivity contribution is -0.0469. The standard InChI is InChI=1S/C24H31NO3/c1-18(2)23-15-24(11-13-26-23,20-6-4-3-5-7-20)10-12-25-16-19-8-9-21-22(14-19)28-17-27-21/h3-9,14,18,23,25H,10-13,15-17H2,1-2H3/t23-,24-/m1/s1. The van der Waals surface area contributed by atoms with Gasteiger partial charge in [0.05, 0.1) is 6.10 Å². The van der Waals surface area contributed by atoms with Crippen molar-refractivity contribution >= 4 is 0 Å². The zero-order valence-corrected chi connectivity index (χ0v) is 16.9. The second-order valence-corrected chi connectivity index (χ2v) is 8.37. The van der Waals surface area contributed by atoms with E-state index >= 15 is 0 Å². The predicted octanol–water partition coefficient (Wildman–Crippen LogP) is 4.67. The first-order valence-corrected chi connectivity index (χ1v) is 10.4. The van der Waals surface area contributed by atoms with Gasteiger partial charge in [-0.3, -0.25) is 0 Å². The molecule has 0 saturated carbocycles. The van der Waals surface area contributed by atoms with E-state index in [0.717, 1.165) is 50.5 Å². The van der Waals surface area contributed by atoms with Gasteiger partial charge in [0.2, 0.25) is 6.79 Å². The Morgan fingerprint density at radius 3 is 2.71 bits per heavy atom. The van der Waals surface area contributed by atoms with Crippen molar-refractivity contribution in [1.82, 2.24) is 5.32 Å². The molecule has 150 valence electrons. The largest absolute Gasteiger partial charge is 0.454 e. The van der Waals surface area contributed by atoms with Gasteiger partial charge in [0.25, 0.3) is 0 Å². The van der Waals surface area contributed by atoms with Crippen LogP contribution in [0.5, 0.6) is 11.5 Å². The predicted molar refractivity (Wildman–Crippen MR) is 111 cm³/mol. The molecule has 0 bridgehead atoms. The van der Waals surface area contributed by atoms with Crippen LogP contribution in [0.25, 0.3) is 0 Å². The molecule has 1 N–H and O–H groups in total. The van der Waals surface area contributed by atoms with Crippen LogP contribution in [-0.2, 0) is 16.7 Å². The maximum absolute atomic E-state index is 6.09. The Bertz CT molecular complexity index is 777. The Morgan fingerprint density at radius 2 is 1.89 bits per heavy atom. The molecule has 0 unspecified atom stereocenters. The maximum atomic E-state index is 6.09. The van der Waals surface area contributed by atoms with E-state index in [1.807, 2.05) is 6.07 Å². The highest BCUT2D eigenvalue weighted by atomic mass is 16.7. The average molecular weight is 382 g/mol. The molecule has 1 fully saturated rings. The van der Waals surface area contributed by atoms with Gasteiger partial charge in [0.15, 0.2) is 11.5 Å². The molecule has 0 amide bonds. The smallest absolute Gasteiger partial charge is 0.231 e. The molecule has 4 nitrogen and oxygen atoms in total. The van der Waals surface area contributed by atoms with Gasteiger partial charge >= 0.3 is 0 Å². The molecular weight excluding hydrogens is 350 g/mol. The van der Waals surface area contributed by atoms with E-state index in [1.165, 1.54) is 11.1 Å². The van der Waals surface area contributed by atoms with E-state index in [2.05, 4.69) is 61.6 Å². The van der Waals surface area contributed by atoms with E-state index in [0.29, 0.717) is 18.8 Å². The fourth-order valence-electron chi connectivity index (χ4n) is 4.42. The summed E-state index contributed by atoms with van der Waals surface area (Å²) in [7, 11) is 0. The van der Waals surface area contributed by atoms with E-state index < -0.39 is 0 Å².